The predicted molar refractivity (Wildman–Crippen MR) is 102 cm³/mol. The summed E-state index contributed by atoms with van der Waals surface area (Å²) in [6, 6.07) is 4.93. The van der Waals surface area contributed by atoms with Gasteiger partial charge in [-0.05, 0) is 42.4 Å². The summed E-state index contributed by atoms with van der Waals surface area (Å²) in [7, 11) is 0. The van der Waals surface area contributed by atoms with E-state index in [4.69, 9.17) is 0 Å². The third-order valence-electron chi connectivity index (χ3n) is 4.59. The number of fused-ring (bicyclic) bond motifs is 3. The highest BCUT2D eigenvalue weighted by molar-refractivity contribution is 7.23. The van der Waals surface area contributed by atoms with Crippen LogP contribution in [0.2, 0.25) is 0 Å². The first-order valence-corrected chi connectivity index (χ1v) is 10.1. The summed E-state index contributed by atoms with van der Waals surface area (Å²) in [6.07, 6.45) is 2.31. The average molecular weight is 331 g/mol. The van der Waals surface area contributed by atoms with Gasteiger partial charge < -0.3 is 0 Å². The molecule has 1 aliphatic carbocycles. The van der Waals surface area contributed by atoms with Crippen LogP contribution in [0.15, 0.2) is 17.7 Å². The van der Waals surface area contributed by atoms with Crippen LogP contribution in [0.25, 0.3) is 15.3 Å². The fourth-order valence-corrected chi connectivity index (χ4v) is 5.72. The van der Waals surface area contributed by atoms with Crippen molar-refractivity contribution in [1.82, 2.24) is 0 Å². The van der Waals surface area contributed by atoms with E-state index < -0.39 is 0 Å². The maximum absolute atomic E-state index is 2.47. The second kappa shape index (κ2) is 5.98. The zero-order valence-electron chi connectivity index (χ0n) is 14.5. The largest absolute Gasteiger partial charge is 0.138 e. The van der Waals surface area contributed by atoms with Gasteiger partial charge in [0.1, 0.15) is 0 Å². The van der Waals surface area contributed by atoms with E-state index in [1.807, 2.05) is 22.7 Å². The Morgan fingerprint density at radius 1 is 0.818 bits per heavy atom. The minimum absolute atomic E-state index is 0.622. The molecule has 2 heterocycles. The standard InChI is InChI=1S/C20H26S2/c1-7-13(8-2)18-14-9-16(11(3)4)21-19(14)20-15(18)10-17(22-20)12(5)6/h9-12H,7-8H2,1-6H3. The second-order valence-corrected chi connectivity index (χ2v) is 8.95. The van der Waals surface area contributed by atoms with Crippen LogP contribution in [-0.4, -0.2) is 0 Å². The molecule has 0 radical (unpaired) electrons. The number of hydrogen-bond donors (Lipinski definition) is 0. The molecule has 22 heavy (non-hydrogen) atoms. The van der Waals surface area contributed by atoms with Crippen molar-refractivity contribution in [2.45, 2.75) is 66.2 Å². The maximum Gasteiger partial charge on any atom is 0.0530 e. The van der Waals surface area contributed by atoms with Crippen molar-refractivity contribution in [3.8, 4) is 9.75 Å². The molecule has 0 nitrogen and oxygen atoms in total. The average Bonchev–Trinajstić information content (AvgIpc) is 3.12. The van der Waals surface area contributed by atoms with Crippen LogP contribution in [0, 0.1) is 0 Å². The van der Waals surface area contributed by atoms with Gasteiger partial charge >= 0.3 is 0 Å². The molecule has 0 amide bonds. The number of thiophene rings is 2. The van der Waals surface area contributed by atoms with Crippen LogP contribution < -0.4 is 0 Å². The molecule has 0 N–H and O–H groups in total. The first-order chi connectivity index (χ1) is 10.5. The normalized spacial score (nSPS) is 13.2. The highest BCUT2D eigenvalue weighted by atomic mass is 32.1. The highest BCUT2D eigenvalue weighted by Gasteiger charge is 2.31. The zero-order chi connectivity index (χ0) is 16.0. The third-order valence-corrected chi connectivity index (χ3v) is 7.63. The molecule has 0 spiro atoms. The van der Waals surface area contributed by atoms with Crippen molar-refractivity contribution >= 4 is 28.2 Å². The Kier molecular flexibility index (Phi) is 4.35. The smallest absolute Gasteiger partial charge is 0.0530 e. The Morgan fingerprint density at radius 2 is 1.23 bits per heavy atom. The lowest BCUT2D eigenvalue weighted by Crippen LogP contribution is -1.89. The van der Waals surface area contributed by atoms with Gasteiger partial charge in [0, 0.05) is 20.9 Å². The summed E-state index contributed by atoms with van der Waals surface area (Å²) in [4.78, 5) is 6.12. The summed E-state index contributed by atoms with van der Waals surface area (Å²) in [5.74, 6) is 1.24. The molecule has 0 unspecified atom stereocenters. The molecule has 0 aliphatic heterocycles. The van der Waals surface area contributed by atoms with Crippen LogP contribution in [-0.2, 0) is 0 Å². The van der Waals surface area contributed by atoms with Gasteiger partial charge in [0.15, 0.2) is 0 Å². The van der Waals surface area contributed by atoms with Crippen molar-refractivity contribution in [2.75, 3.05) is 0 Å². The molecular formula is C20H26S2. The van der Waals surface area contributed by atoms with Gasteiger partial charge in [-0.25, -0.2) is 0 Å². The highest BCUT2D eigenvalue weighted by Crippen LogP contribution is 2.55. The van der Waals surface area contributed by atoms with Crippen LogP contribution in [0.5, 0.6) is 0 Å². The van der Waals surface area contributed by atoms with Crippen LogP contribution >= 0.6 is 22.7 Å². The lowest BCUT2D eigenvalue weighted by atomic mass is 9.95. The van der Waals surface area contributed by atoms with Gasteiger partial charge in [-0.2, -0.15) is 0 Å². The summed E-state index contributed by atoms with van der Waals surface area (Å²) < 4.78 is 0. The molecule has 3 rings (SSSR count). The Morgan fingerprint density at radius 3 is 1.55 bits per heavy atom. The van der Waals surface area contributed by atoms with E-state index in [-0.39, 0.29) is 0 Å². The Hall–Kier alpha value is -0.860. The molecule has 118 valence electrons. The SMILES string of the molecule is CCC(CC)=C1c2cc(C(C)C)sc2-c2sc(C(C)C)cc21. The molecule has 2 heteroatoms. The van der Waals surface area contributed by atoms with E-state index in [1.165, 1.54) is 30.6 Å². The Bertz CT molecular complexity index is 663. The van der Waals surface area contributed by atoms with Gasteiger partial charge in [-0.3, -0.25) is 0 Å². The summed E-state index contributed by atoms with van der Waals surface area (Å²) in [6.45, 7) is 13.8. The molecule has 2 aromatic rings. The minimum atomic E-state index is 0.622. The minimum Gasteiger partial charge on any atom is -0.138 e. The van der Waals surface area contributed by atoms with E-state index >= 15 is 0 Å². The van der Waals surface area contributed by atoms with E-state index in [0.29, 0.717) is 11.8 Å². The van der Waals surface area contributed by atoms with Gasteiger partial charge in [-0.15, -0.1) is 22.7 Å². The fourth-order valence-electron chi connectivity index (χ4n) is 3.23. The molecule has 0 saturated carbocycles. The van der Waals surface area contributed by atoms with Crippen LogP contribution in [0.4, 0.5) is 0 Å². The Labute approximate surface area is 142 Å². The summed E-state index contributed by atoms with van der Waals surface area (Å²) in [5, 5.41) is 0. The predicted octanol–water partition coefficient (Wildman–Crippen LogP) is 7.66. The first-order valence-electron chi connectivity index (χ1n) is 8.48. The molecule has 0 fully saturated rings. The summed E-state index contributed by atoms with van der Waals surface area (Å²) in [5.41, 5.74) is 6.20. The van der Waals surface area contributed by atoms with Crippen molar-refractivity contribution in [2.24, 2.45) is 0 Å². The van der Waals surface area contributed by atoms with E-state index in [2.05, 4.69) is 53.7 Å². The van der Waals surface area contributed by atoms with Gasteiger partial charge in [0.05, 0.1) is 9.75 Å². The second-order valence-electron chi connectivity index (χ2n) is 6.78. The molecule has 0 aromatic carbocycles. The summed E-state index contributed by atoms with van der Waals surface area (Å²) >= 11 is 4.03. The number of hydrogen-bond acceptors (Lipinski definition) is 2. The van der Waals surface area contributed by atoms with Gasteiger partial charge in [0.25, 0.3) is 0 Å². The van der Waals surface area contributed by atoms with E-state index in [1.54, 1.807) is 11.1 Å². The molecule has 1 aliphatic rings. The van der Waals surface area contributed by atoms with Crippen molar-refractivity contribution in [3.63, 3.8) is 0 Å². The van der Waals surface area contributed by atoms with Crippen molar-refractivity contribution in [1.29, 1.82) is 0 Å². The first kappa shape index (κ1) is 16.0. The molecule has 0 atom stereocenters. The molecule has 2 aromatic heterocycles. The lowest BCUT2D eigenvalue weighted by Gasteiger charge is -2.09. The number of allylic oxidation sites excluding steroid dienone is 1. The quantitative estimate of drug-likeness (QED) is 0.460. The van der Waals surface area contributed by atoms with Gasteiger partial charge in [-0.1, -0.05) is 47.1 Å². The van der Waals surface area contributed by atoms with Crippen molar-refractivity contribution in [3.05, 3.63) is 38.6 Å². The lowest BCUT2D eigenvalue weighted by molar-refractivity contribution is 0.888. The zero-order valence-corrected chi connectivity index (χ0v) is 16.2. The fraction of sp³-hybridized carbons (Fsp3) is 0.500. The Balaban J connectivity index is 2.27. The van der Waals surface area contributed by atoms with Crippen molar-refractivity contribution < 1.29 is 0 Å². The van der Waals surface area contributed by atoms with E-state index in [9.17, 15) is 0 Å². The molecular weight excluding hydrogens is 304 g/mol. The monoisotopic (exact) mass is 330 g/mol. The maximum atomic E-state index is 2.47. The topological polar surface area (TPSA) is 0 Å². The van der Waals surface area contributed by atoms with Gasteiger partial charge in [0.2, 0.25) is 0 Å². The molecule has 0 bridgehead atoms. The van der Waals surface area contributed by atoms with Crippen LogP contribution in [0.1, 0.15) is 87.1 Å². The van der Waals surface area contributed by atoms with Crippen LogP contribution in [0.3, 0.4) is 0 Å². The third kappa shape index (κ3) is 2.41. The number of rotatable bonds is 4. The molecule has 0 saturated heterocycles. The van der Waals surface area contributed by atoms with E-state index in [0.717, 1.165) is 12.8 Å².